The van der Waals surface area contributed by atoms with Crippen LogP contribution in [0.3, 0.4) is 0 Å². The Bertz CT molecular complexity index is 1060. The number of nitrogens with one attached hydrogen (secondary N) is 1. The molecule has 1 aliphatic rings. The molecule has 1 heterocycles. The number of aliphatic imine (C=N–C) groups is 1. The second-order valence-corrected chi connectivity index (χ2v) is 11.8. The highest BCUT2D eigenvalue weighted by Crippen LogP contribution is 2.43. The van der Waals surface area contributed by atoms with Gasteiger partial charge in [0.15, 0.2) is 0 Å². The molecule has 0 aromatic heterocycles. The smallest absolute Gasteiger partial charge is 0.323 e. The van der Waals surface area contributed by atoms with E-state index < -0.39 is 27.6 Å². The second-order valence-electron chi connectivity index (χ2n) is 10.2. The van der Waals surface area contributed by atoms with Crippen LogP contribution in [-0.4, -0.2) is 44.1 Å². The Morgan fingerprint density at radius 3 is 2.39 bits per heavy atom. The van der Waals surface area contributed by atoms with Crippen LogP contribution >= 0.6 is 0 Å². The van der Waals surface area contributed by atoms with Crippen molar-refractivity contribution in [2.45, 2.75) is 96.8 Å². The molecule has 0 radical (unpaired) electrons. The number of esters is 1. The van der Waals surface area contributed by atoms with E-state index in [4.69, 9.17) is 20.9 Å². The number of carbonyl (C=O) groups excluding carboxylic acids is 1. The molecule has 0 aliphatic carbocycles. The zero-order chi connectivity index (χ0) is 25.4. The van der Waals surface area contributed by atoms with Crippen LogP contribution in [0.25, 0.3) is 0 Å². The number of hydrogen-bond donors (Lipinski definition) is 3. The Morgan fingerprint density at radius 2 is 1.82 bits per heavy atom. The molecule has 186 valence electrons. The summed E-state index contributed by atoms with van der Waals surface area (Å²) in [7, 11) is -3.95. The first kappa shape index (κ1) is 26.9. The zero-order valence-electron chi connectivity index (χ0n) is 21.0. The lowest BCUT2D eigenvalue weighted by Gasteiger charge is -2.22. The molecule has 0 saturated heterocycles. The standard InChI is InChI=1S/C23H38N4O5S/c1-13-14(2)19(15(3)16-12-23(7,8)31-18(13)16)33(29,30)27-21(25)26-11-9-10-17(24)20(28)32-22(4,5)6/h17H,9-12,24H2,1-8H3,(H3,25,26,27)/t17-/m0/s1. The van der Waals surface area contributed by atoms with Crippen molar-refractivity contribution in [2.24, 2.45) is 16.5 Å². The lowest BCUT2D eigenvalue weighted by molar-refractivity contribution is -0.156. The van der Waals surface area contributed by atoms with Crippen LogP contribution in [0.2, 0.25) is 0 Å². The summed E-state index contributed by atoms with van der Waals surface area (Å²) in [6.45, 7) is 14.9. The van der Waals surface area contributed by atoms with E-state index in [1.807, 2.05) is 20.8 Å². The molecule has 33 heavy (non-hydrogen) atoms. The summed E-state index contributed by atoms with van der Waals surface area (Å²) in [4.78, 5) is 16.2. The molecule has 0 amide bonds. The molecule has 1 atom stereocenters. The maximum atomic E-state index is 13.2. The normalized spacial score (nSPS) is 16.7. The highest BCUT2D eigenvalue weighted by atomic mass is 32.2. The molecular formula is C23H38N4O5S. The molecule has 1 aliphatic heterocycles. The maximum Gasteiger partial charge on any atom is 0.323 e. The van der Waals surface area contributed by atoms with Gasteiger partial charge in [0.1, 0.15) is 23.0 Å². The maximum absolute atomic E-state index is 13.2. The van der Waals surface area contributed by atoms with Gasteiger partial charge in [-0.2, -0.15) is 0 Å². The average Bonchev–Trinajstić information content (AvgIpc) is 2.97. The van der Waals surface area contributed by atoms with Gasteiger partial charge in [-0.15, -0.1) is 0 Å². The third-order valence-corrected chi connectivity index (χ3v) is 7.09. The van der Waals surface area contributed by atoms with Crippen molar-refractivity contribution in [1.82, 2.24) is 4.72 Å². The fourth-order valence-corrected chi connectivity index (χ4v) is 5.40. The summed E-state index contributed by atoms with van der Waals surface area (Å²) in [5.74, 6) is 0.0662. The summed E-state index contributed by atoms with van der Waals surface area (Å²) in [6.07, 6.45) is 1.42. The van der Waals surface area contributed by atoms with E-state index in [9.17, 15) is 13.2 Å². The molecule has 9 nitrogen and oxygen atoms in total. The molecule has 0 bridgehead atoms. The van der Waals surface area contributed by atoms with Crippen LogP contribution in [0.5, 0.6) is 5.75 Å². The number of guanidine groups is 1. The first-order valence-corrected chi connectivity index (χ1v) is 12.6. The van der Waals surface area contributed by atoms with Gasteiger partial charge in [-0.25, -0.2) is 13.1 Å². The number of nitrogens with two attached hydrogens (primary N) is 2. The van der Waals surface area contributed by atoms with Crippen molar-refractivity contribution in [1.29, 1.82) is 0 Å². The topological polar surface area (TPSA) is 146 Å². The van der Waals surface area contributed by atoms with Gasteiger partial charge in [0, 0.05) is 18.5 Å². The van der Waals surface area contributed by atoms with Gasteiger partial charge in [-0.1, -0.05) is 0 Å². The van der Waals surface area contributed by atoms with Crippen LogP contribution in [0, 0.1) is 20.8 Å². The van der Waals surface area contributed by atoms with E-state index in [1.165, 1.54) is 0 Å². The molecule has 1 aromatic rings. The zero-order valence-corrected chi connectivity index (χ0v) is 21.8. The molecule has 0 saturated carbocycles. The van der Waals surface area contributed by atoms with Gasteiger partial charge in [0.25, 0.3) is 10.0 Å². The molecule has 5 N–H and O–H groups in total. The number of hydrogen-bond acceptors (Lipinski definition) is 7. The van der Waals surface area contributed by atoms with Crippen molar-refractivity contribution < 1.29 is 22.7 Å². The number of ether oxygens (including phenoxy) is 2. The van der Waals surface area contributed by atoms with E-state index in [1.54, 1.807) is 34.6 Å². The van der Waals surface area contributed by atoms with Crippen LogP contribution < -0.4 is 20.9 Å². The number of carbonyl (C=O) groups is 1. The third kappa shape index (κ3) is 6.60. The Labute approximate surface area is 197 Å². The average molecular weight is 483 g/mol. The third-order valence-electron chi connectivity index (χ3n) is 5.46. The Balaban J connectivity index is 2.09. The van der Waals surface area contributed by atoms with Crippen LogP contribution in [0.15, 0.2) is 9.89 Å². The van der Waals surface area contributed by atoms with Crippen molar-refractivity contribution in [3.8, 4) is 5.75 Å². The molecule has 10 heteroatoms. The van der Waals surface area contributed by atoms with E-state index in [-0.39, 0.29) is 23.0 Å². The first-order chi connectivity index (χ1) is 14.9. The number of fused-ring (bicyclic) bond motifs is 1. The van der Waals surface area contributed by atoms with Gasteiger partial charge >= 0.3 is 5.97 Å². The highest BCUT2D eigenvalue weighted by Gasteiger charge is 2.36. The minimum atomic E-state index is -3.95. The number of sulfonamides is 1. The molecule has 0 fully saturated rings. The molecular weight excluding hydrogens is 444 g/mol. The number of benzene rings is 1. The largest absolute Gasteiger partial charge is 0.487 e. The van der Waals surface area contributed by atoms with Crippen LogP contribution in [0.1, 0.15) is 69.7 Å². The Kier molecular flexibility index (Phi) is 7.75. The molecule has 0 spiro atoms. The lowest BCUT2D eigenvalue weighted by atomic mass is 9.94. The highest BCUT2D eigenvalue weighted by molar-refractivity contribution is 7.90. The first-order valence-electron chi connectivity index (χ1n) is 11.1. The Hall–Kier alpha value is -2.33. The number of rotatable bonds is 7. The van der Waals surface area contributed by atoms with Gasteiger partial charge in [-0.05, 0) is 84.9 Å². The minimum absolute atomic E-state index is 0.199. The Morgan fingerprint density at radius 1 is 1.21 bits per heavy atom. The van der Waals surface area contributed by atoms with Crippen molar-refractivity contribution in [3.05, 3.63) is 22.3 Å². The van der Waals surface area contributed by atoms with Gasteiger partial charge in [0.05, 0.1) is 4.90 Å². The lowest BCUT2D eigenvalue weighted by Crippen LogP contribution is -2.38. The van der Waals surface area contributed by atoms with E-state index in [0.29, 0.717) is 30.4 Å². The van der Waals surface area contributed by atoms with Crippen molar-refractivity contribution in [2.75, 3.05) is 6.54 Å². The molecule has 2 rings (SSSR count). The summed E-state index contributed by atoms with van der Waals surface area (Å²) in [6, 6.07) is -0.775. The van der Waals surface area contributed by atoms with E-state index in [0.717, 1.165) is 16.9 Å². The minimum Gasteiger partial charge on any atom is -0.487 e. The SMILES string of the molecule is Cc1c(C)c(S(=O)(=O)NC(N)=NCCC[C@H](N)C(=O)OC(C)(C)C)c(C)c2c1OC(C)(C)C2. The predicted molar refractivity (Wildman–Crippen MR) is 129 cm³/mol. The van der Waals surface area contributed by atoms with Gasteiger partial charge < -0.3 is 20.9 Å². The fraction of sp³-hybridized carbons (Fsp3) is 0.652. The summed E-state index contributed by atoms with van der Waals surface area (Å²) >= 11 is 0. The van der Waals surface area contributed by atoms with E-state index >= 15 is 0 Å². The molecule has 0 unspecified atom stereocenters. The van der Waals surface area contributed by atoms with Crippen LogP contribution in [0.4, 0.5) is 0 Å². The van der Waals surface area contributed by atoms with Crippen molar-refractivity contribution in [3.63, 3.8) is 0 Å². The monoisotopic (exact) mass is 482 g/mol. The van der Waals surface area contributed by atoms with Crippen molar-refractivity contribution >= 4 is 22.0 Å². The van der Waals surface area contributed by atoms with Gasteiger partial charge in [0.2, 0.25) is 5.96 Å². The van der Waals surface area contributed by atoms with Gasteiger partial charge in [-0.3, -0.25) is 9.79 Å². The van der Waals surface area contributed by atoms with E-state index in [2.05, 4.69) is 9.71 Å². The summed E-state index contributed by atoms with van der Waals surface area (Å²) in [5, 5.41) is 0. The second kappa shape index (κ2) is 9.50. The molecule has 1 aromatic carbocycles. The summed E-state index contributed by atoms with van der Waals surface area (Å²) < 4.78 is 40.0. The quantitative estimate of drug-likeness (QED) is 0.234. The summed E-state index contributed by atoms with van der Waals surface area (Å²) in [5.41, 5.74) is 13.7. The number of nitrogens with zero attached hydrogens (tertiary/aromatic N) is 1. The van der Waals surface area contributed by atoms with Crippen LogP contribution in [-0.2, 0) is 26.0 Å². The fourth-order valence-electron chi connectivity index (χ4n) is 3.87. The predicted octanol–water partition coefficient (Wildman–Crippen LogP) is 2.37.